The monoisotopic (exact) mass is 419 g/mol. The molecule has 1 atom stereocenters. The Hall–Kier alpha value is -2.05. The van der Waals surface area contributed by atoms with E-state index in [4.69, 9.17) is 11.6 Å². The molecule has 1 aromatic heterocycles. The second-order valence-electron chi connectivity index (χ2n) is 6.85. The number of amides is 3. The van der Waals surface area contributed by atoms with Crippen LogP contribution in [0.2, 0.25) is 5.02 Å². The van der Waals surface area contributed by atoms with Crippen molar-refractivity contribution >= 4 is 34.9 Å². The molecule has 2 aromatic rings. The van der Waals surface area contributed by atoms with E-state index in [1.54, 1.807) is 16.2 Å². The molecular formula is C21H26ClN3O2S. The SMILES string of the molecule is CCCN(CC(=O)N1CCc2sccc2[C@H]1c1ccc(Cl)cc1)C(=O)NCC. The summed E-state index contributed by atoms with van der Waals surface area (Å²) in [5.74, 6) is -0.0310. The van der Waals surface area contributed by atoms with Crippen molar-refractivity contribution in [3.05, 3.63) is 56.7 Å². The number of rotatable bonds is 6. The Balaban J connectivity index is 1.87. The Morgan fingerprint density at radius 1 is 1.25 bits per heavy atom. The van der Waals surface area contributed by atoms with Crippen LogP contribution in [0.25, 0.3) is 0 Å². The van der Waals surface area contributed by atoms with E-state index in [1.807, 2.05) is 43.0 Å². The minimum Gasteiger partial charge on any atom is -0.338 e. The van der Waals surface area contributed by atoms with Gasteiger partial charge in [0.2, 0.25) is 5.91 Å². The van der Waals surface area contributed by atoms with Crippen LogP contribution in [-0.4, -0.2) is 47.9 Å². The first-order chi connectivity index (χ1) is 13.5. The Kier molecular flexibility index (Phi) is 6.97. The van der Waals surface area contributed by atoms with E-state index in [0.29, 0.717) is 24.7 Å². The molecule has 3 amide bonds. The van der Waals surface area contributed by atoms with Gasteiger partial charge < -0.3 is 15.1 Å². The maximum Gasteiger partial charge on any atom is 0.317 e. The third-order valence-electron chi connectivity index (χ3n) is 4.91. The van der Waals surface area contributed by atoms with Crippen LogP contribution in [-0.2, 0) is 11.2 Å². The Bertz CT molecular complexity index is 821. The third-order valence-corrected chi connectivity index (χ3v) is 6.16. The lowest BCUT2D eigenvalue weighted by Gasteiger charge is -2.37. The summed E-state index contributed by atoms with van der Waals surface area (Å²) < 4.78 is 0. The summed E-state index contributed by atoms with van der Waals surface area (Å²) in [6.45, 7) is 5.72. The first-order valence-corrected chi connectivity index (χ1v) is 10.9. The smallest absolute Gasteiger partial charge is 0.317 e. The molecule has 1 N–H and O–H groups in total. The Morgan fingerprint density at radius 2 is 2.00 bits per heavy atom. The lowest BCUT2D eigenvalue weighted by atomic mass is 9.93. The number of benzene rings is 1. The van der Waals surface area contributed by atoms with Crippen molar-refractivity contribution in [3.63, 3.8) is 0 Å². The van der Waals surface area contributed by atoms with Crippen molar-refractivity contribution in [1.29, 1.82) is 0 Å². The van der Waals surface area contributed by atoms with Gasteiger partial charge in [0, 0.05) is 29.5 Å². The minimum absolute atomic E-state index is 0.0310. The number of nitrogens with one attached hydrogen (secondary N) is 1. The molecule has 0 aliphatic carbocycles. The third kappa shape index (κ3) is 4.50. The fourth-order valence-corrected chi connectivity index (χ4v) is 4.66. The normalized spacial score (nSPS) is 15.8. The number of hydrogen-bond donors (Lipinski definition) is 1. The molecule has 0 spiro atoms. The van der Waals surface area contributed by atoms with Gasteiger partial charge in [-0.05, 0) is 54.5 Å². The van der Waals surface area contributed by atoms with Gasteiger partial charge in [0.05, 0.1) is 6.04 Å². The molecule has 0 fully saturated rings. The average Bonchev–Trinajstić information content (AvgIpc) is 3.16. The topological polar surface area (TPSA) is 52.7 Å². The van der Waals surface area contributed by atoms with Gasteiger partial charge in [-0.2, -0.15) is 0 Å². The van der Waals surface area contributed by atoms with Gasteiger partial charge in [-0.25, -0.2) is 4.79 Å². The van der Waals surface area contributed by atoms with Crippen molar-refractivity contribution < 1.29 is 9.59 Å². The summed E-state index contributed by atoms with van der Waals surface area (Å²) in [4.78, 5) is 30.4. The second kappa shape index (κ2) is 9.43. The maximum absolute atomic E-state index is 13.3. The van der Waals surface area contributed by atoms with E-state index in [9.17, 15) is 9.59 Å². The van der Waals surface area contributed by atoms with Gasteiger partial charge in [-0.3, -0.25) is 4.79 Å². The number of nitrogens with zero attached hydrogens (tertiary/aromatic N) is 2. The van der Waals surface area contributed by atoms with Crippen LogP contribution < -0.4 is 5.32 Å². The van der Waals surface area contributed by atoms with Crippen LogP contribution in [0.5, 0.6) is 0 Å². The maximum atomic E-state index is 13.3. The molecule has 0 saturated carbocycles. The summed E-state index contributed by atoms with van der Waals surface area (Å²) in [5.41, 5.74) is 2.21. The highest BCUT2D eigenvalue weighted by molar-refractivity contribution is 7.10. The van der Waals surface area contributed by atoms with Gasteiger partial charge in [-0.15, -0.1) is 11.3 Å². The summed E-state index contributed by atoms with van der Waals surface area (Å²) in [5, 5.41) is 5.56. The number of thiophene rings is 1. The zero-order valence-electron chi connectivity index (χ0n) is 16.3. The highest BCUT2D eigenvalue weighted by Crippen LogP contribution is 2.38. The zero-order valence-corrected chi connectivity index (χ0v) is 17.9. The molecule has 0 radical (unpaired) electrons. The van der Waals surface area contributed by atoms with Crippen molar-refractivity contribution in [2.24, 2.45) is 0 Å². The van der Waals surface area contributed by atoms with Gasteiger partial charge in [0.25, 0.3) is 0 Å². The number of carbonyl (C=O) groups excluding carboxylic acids is 2. The van der Waals surface area contributed by atoms with Crippen LogP contribution >= 0.6 is 22.9 Å². The van der Waals surface area contributed by atoms with E-state index in [2.05, 4.69) is 16.8 Å². The van der Waals surface area contributed by atoms with Crippen LogP contribution in [0.15, 0.2) is 35.7 Å². The fraction of sp³-hybridized carbons (Fsp3) is 0.429. The number of halogens is 1. The van der Waals surface area contributed by atoms with E-state index in [1.165, 1.54) is 10.4 Å². The molecule has 5 nitrogen and oxygen atoms in total. The fourth-order valence-electron chi connectivity index (χ4n) is 3.63. The van der Waals surface area contributed by atoms with Crippen LogP contribution in [0.1, 0.15) is 42.3 Å². The van der Waals surface area contributed by atoms with Gasteiger partial charge in [-0.1, -0.05) is 30.7 Å². The summed E-state index contributed by atoms with van der Waals surface area (Å²) in [6.07, 6.45) is 1.65. The molecule has 3 rings (SSSR count). The molecule has 1 aliphatic heterocycles. The lowest BCUT2D eigenvalue weighted by molar-refractivity contribution is -0.133. The van der Waals surface area contributed by atoms with Gasteiger partial charge in [0.1, 0.15) is 6.54 Å². The highest BCUT2D eigenvalue weighted by Gasteiger charge is 2.33. The molecule has 1 aliphatic rings. The summed E-state index contributed by atoms with van der Waals surface area (Å²) in [6, 6.07) is 9.45. The van der Waals surface area contributed by atoms with Crippen molar-refractivity contribution in [1.82, 2.24) is 15.1 Å². The summed E-state index contributed by atoms with van der Waals surface area (Å²) >= 11 is 7.80. The highest BCUT2D eigenvalue weighted by atomic mass is 35.5. The standard InChI is InChI=1S/C21H26ClN3O2S/c1-3-11-24(21(27)23-4-2)14-19(26)25-12-9-18-17(10-13-28-18)20(25)15-5-7-16(22)8-6-15/h5-8,10,13,20H,3-4,9,11-12,14H2,1-2H3,(H,23,27)/t20-/m1/s1. The zero-order chi connectivity index (χ0) is 20.1. The molecular weight excluding hydrogens is 394 g/mol. The number of hydrogen-bond acceptors (Lipinski definition) is 3. The van der Waals surface area contributed by atoms with Crippen molar-refractivity contribution in [3.8, 4) is 0 Å². The van der Waals surface area contributed by atoms with Gasteiger partial charge >= 0.3 is 6.03 Å². The lowest BCUT2D eigenvalue weighted by Crippen LogP contribution is -2.49. The van der Waals surface area contributed by atoms with E-state index in [0.717, 1.165) is 18.4 Å². The quantitative estimate of drug-likeness (QED) is 0.758. The Morgan fingerprint density at radius 3 is 2.68 bits per heavy atom. The van der Waals surface area contributed by atoms with Crippen LogP contribution in [0, 0.1) is 0 Å². The molecule has 0 unspecified atom stereocenters. The van der Waals surface area contributed by atoms with Crippen molar-refractivity contribution in [2.75, 3.05) is 26.2 Å². The molecule has 2 heterocycles. The first kappa shape index (κ1) is 20.7. The minimum atomic E-state index is -0.186. The largest absolute Gasteiger partial charge is 0.338 e. The summed E-state index contributed by atoms with van der Waals surface area (Å²) in [7, 11) is 0. The van der Waals surface area contributed by atoms with E-state index in [-0.39, 0.29) is 24.5 Å². The molecule has 7 heteroatoms. The molecule has 1 aromatic carbocycles. The van der Waals surface area contributed by atoms with Crippen LogP contribution in [0.4, 0.5) is 4.79 Å². The molecule has 28 heavy (non-hydrogen) atoms. The average molecular weight is 420 g/mol. The molecule has 150 valence electrons. The van der Waals surface area contributed by atoms with Crippen LogP contribution in [0.3, 0.4) is 0 Å². The molecule has 0 saturated heterocycles. The van der Waals surface area contributed by atoms with Crippen molar-refractivity contribution in [2.45, 2.75) is 32.7 Å². The first-order valence-electron chi connectivity index (χ1n) is 9.69. The predicted molar refractivity (Wildman–Crippen MR) is 114 cm³/mol. The second-order valence-corrected chi connectivity index (χ2v) is 8.28. The molecule has 0 bridgehead atoms. The predicted octanol–water partition coefficient (Wildman–Crippen LogP) is 4.32. The number of fused-ring (bicyclic) bond motifs is 1. The van der Waals surface area contributed by atoms with E-state index >= 15 is 0 Å². The van der Waals surface area contributed by atoms with E-state index < -0.39 is 0 Å². The van der Waals surface area contributed by atoms with Gasteiger partial charge in [0.15, 0.2) is 0 Å². The number of carbonyl (C=O) groups is 2. The number of urea groups is 1. The Labute approximate surface area is 175 Å².